The normalized spacial score (nSPS) is 22.7. The van der Waals surface area contributed by atoms with Crippen molar-refractivity contribution in [3.8, 4) is 0 Å². The molecule has 3 rings (SSSR count). The van der Waals surface area contributed by atoms with Gasteiger partial charge in [0.25, 0.3) is 0 Å². The molecule has 1 saturated heterocycles. The minimum atomic E-state index is -0.0319. The Hall–Kier alpha value is -0.910. The zero-order valence-electron chi connectivity index (χ0n) is 11.1. The van der Waals surface area contributed by atoms with Crippen molar-refractivity contribution >= 4 is 26.8 Å². The van der Waals surface area contributed by atoms with Crippen molar-refractivity contribution in [1.29, 1.82) is 0 Å². The fourth-order valence-electron chi connectivity index (χ4n) is 2.36. The summed E-state index contributed by atoms with van der Waals surface area (Å²) in [5.74, 6) is 0. The van der Waals surface area contributed by atoms with Crippen LogP contribution in [0.3, 0.4) is 0 Å². The van der Waals surface area contributed by atoms with Crippen LogP contribution in [0.25, 0.3) is 10.9 Å². The van der Waals surface area contributed by atoms with Gasteiger partial charge in [-0.25, -0.2) is 0 Å². The first-order valence-electron chi connectivity index (χ1n) is 6.56. The van der Waals surface area contributed by atoms with E-state index in [9.17, 15) is 0 Å². The summed E-state index contributed by atoms with van der Waals surface area (Å²) in [4.78, 5) is 0. The van der Waals surface area contributed by atoms with Gasteiger partial charge in [-0.1, -0.05) is 15.9 Å². The molecule has 1 aromatic carbocycles. The average Bonchev–Trinajstić information content (AvgIpc) is 2.70. The first-order chi connectivity index (χ1) is 9.13. The largest absolute Gasteiger partial charge is 0.324 e. The lowest BCUT2D eigenvalue weighted by Gasteiger charge is -2.33. The number of rotatable bonds is 4. The van der Waals surface area contributed by atoms with Gasteiger partial charge in [0.2, 0.25) is 0 Å². The molecule has 0 N–H and O–H groups in total. The standard InChI is InChI=1S/C14H17BrN2O2/c1-9-6-13-11(7-12(9)15)8-16-17(13)5-3-4-14-18-10(2)19-14/h6-8,10,14H,3-5H2,1-2H3. The van der Waals surface area contributed by atoms with Gasteiger partial charge in [-0.3, -0.25) is 4.68 Å². The molecule has 0 spiro atoms. The van der Waals surface area contributed by atoms with Gasteiger partial charge >= 0.3 is 0 Å². The van der Waals surface area contributed by atoms with Crippen LogP contribution in [0.15, 0.2) is 22.8 Å². The highest BCUT2D eigenvalue weighted by Gasteiger charge is 2.25. The quantitative estimate of drug-likeness (QED) is 0.862. The molecule has 1 aliphatic rings. The Morgan fingerprint density at radius 2 is 2.16 bits per heavy atom. The zero-order chi connectivity index (χ0) is 13.4. The van der Waals surface area contributed by atoms with Crippen molar-refractivity contribution in [3.05, 3.63) is 28.4 Å². The third-order valence-corrected chi connectivity index (χ3v) is 4.27. The monoisotopic (exact) mass is 324 g/mol. The molecule has 4 nitrogen and oxygen atoms in total. The molecule has 5 heteroatoms. The third-order valence-electron chi connectivity index (χ3n) is 3.42. The van der Waals surface area contributed by atoms with E-state index in [1.54, 1.807) is 0 Å². The van der Waals surface area contributed by atoms with E-state index in [0.29, 0.717) is 0 Å². The van der Waals surface area contributed by atoms with Gasteiger partial charge in [0.1, 0.15) is 0 Å². The summed E-state index contributed by atoms with van der Waals surface area (Å²) in [6.45, 7) is 4.90. The molecule has 0 bridgehead atoms. The Morgan fingerprint density at radius 3 is 2.89 bits per heavy atom. The van der Waals surface area contributed by atoms with Crippen LogP contribution in [-0.2, 0) is 16.0 Å². The van der Waals surface area contributed by atoms with Crippen LogP contribution in [-0.4, -0.2) is 22.4 Å². The molecule has 19 heavy (non-hydrogen) atoms. The summed E-state index contributed by atoms with van der Waals surface area (Å²) in [6, 6.07) is 4.29. The molecule has 1 fully saturated rings. The van der Waals surface area contributed by atoms with Gasteiger partial charge < -0.3 is 9.47 Å². The van der Waals surface area contributed by atoms with E-state index in [2.05, 4.69) is 44.8 Å². The van der Waals surface area contributed by atoms with E-state index >= 15 is 0 Å². The van der Waals surface area contributed by atoms with Crippen LogP contribution < -0.4 is 0 Å². The van der Waals surface area contributed by atoms with Gasteiger partial charge in [-0.05, 0) is 38.0 Å². The van der Waals surface area contributed by atoms with Crippen molar-refractivity contribution in [1.82, 2.24) is 9.78 Å². The number of benzene rings is 1. The highest BCUT2D eigenvalue weighted by molar-refractivity contribution is 9.10. The maximum Gasteiger partial charge on any atom is 0.163 e. The SMILES string of the molecule is Cc1cc2c(cnn2CCCC2OC(C)O2)cc1Br. The van der Waals surface area contributed by atoms with Gasteiger partial charge in [0.05, 0.1) is 11.7 Å². The first-order valence-corrected chi connectivity index (χ1v) is 7.35. The number of hydrogen-bond acceptors (Lipinski definition) is 3. The molecule has 1 aliphatic heterocycles. The highest BCUT2D eigenvalue weighted by atomic mass is 79.9. The zero-order valence-corrected chi connectivity index (χ0v) is 12.7. The second kappa shape index (κ2) is 5.23. The lowest BCUT2D eigenvalue weighted by molar-refractivity contribution is -0.377. The summed E-state index contributed by atoms with van der Waals surface area (Å²) < 4.78 is 14.0. The van der Waals surface area contributed by atoms with Crippen molar-refractivity contribution in [2.45, 2.75) is 45.8 Å². The predicted molar refractivity (Wildman–Crippen MR) is 76.8 cm³/mol. The minimum absolute atomic E-state index is 0.0206. The average molecular weight is 325 g/mol. The molecule has 2 heterocycles. The van der Waals surface area contributed by atoms with Gasteiger partial charge in [0, 0.05) is 22.8 Å². The lowest BCUT2D eigenvalue weighted by atomic mass is 10.2. The topological polar surface area (TPSA) is 36.3 Å². The molecular formula is C14H17BrN2O2. The van der Waals surface area contributed by atoms with Crippen LogP contribution in [0.1, 0.15) is 25.3 Å². The Balaban J connectivity index is 1.66. The van der Waals surface area contributed by atoms with Gasteiger partial charge in [0.15, 0.2) is 12.6 Å². The van der Waals surface area contributed by atoms with E-state index < -0.39 is 0 Å². The molecule has 102 valence electrons. The maximum atomic E-state index is 5.42. The molecule has 2 aromatic rings. The van der Waals surface area contributed by atoms with Crippen molar-refractivity contribution in [2.24, 2.45) is 0 Å². The minimum Gasteiger partial charge on any atom is -0.324 e. The van der Waals surface area contributed by atoms with Crippen molar-refractivity contribution in [3.63, 3.8) is 0 Å². The fraction of sp³-hybridized carbons (Fsp3) is 0.500. The summed E-state index contributed by atoms with van der Waals surface area (Å²) >= 11 is 3.55. The molecule has 0 unspecified atom stereocenters. The number of ether oxygens (including phenoxy) is 2. The second-order valence-electron chi connectivity index (χ2n) is 4.94. The maximum absolute atomic E-state index is 5.42. The Morgan fingerprint density at radius 1 is 1.37 bits per heavy atom. The number of fused-ring (bicyclic) bond motifs is 1. The molecule has 1 aromatic heterocycles. The van der Waals surface area contributed by atoms with Crippen molar-refractivity contribution in [2.75, 3.05) is 0 Å². The van der Waals surface area contributed by atoms with Crippen LogP contribution in [0, 0.1) is 6.92 Å². The van der Waals surface area contributed by atoms with Crippen LogP contribution in [0.2, 0.25) is 0 Å². The highest BCUT2D eigenvalue weighted by Crippen LogP contribution is 2.25. The van der Waals surface area contributed by atoms with Gasteiger partial charge in [-0.15, -0.1) is 0 Å². The number of hydrogen-bond donors (Lipinski definition) is 0. The van der Waals surface area contributed by atoms with Crippen molar-refractivity contribution < 1.29 is 9.47 Å². The number of nitrogens with zero attached hydrogens (tertiary/aromatic N) is 2. The Kier molecular flexibility index (Phi) is 3.60. The molecule has 0 atom stereocenters. The second-order valence-corrected chi connectivity index (χ2v) is 5.79. The Bertz CT molecular complexity index is 590. The predicted octanol–water partition coefficient (Wildman–Crippen LogP) is 3.61. The first kappa shape index (κ1) is 13.1. The van der Waals surface area contributed by atoms with E-state index in [1.165, 1.54) is 16.5 Å². The molecule has 0 aliphatic carbocycles. The summed E-state index contributed by atoms with van der Waals surface area (Å²) in [7, 11) is 0. The van der Waals surface area contributed by atoms with E-state index in [1.807, 2.05) is 13.1 Å². The molecule has 0 amide bonds. The Labute approximate surface area is 120 Å². The number of aromatic nitrogens is 2. The van der Waals surface area contributed by atoms with E-state index in [4.69, 9.17) is 9.47 Å². The van der Waals surface area contributed by atoms with Gasteiger partial charge in [-0.2, -0.15) is 5.10 Å². The fourth-order valence-corrected chi connectivity index (χ4v) is 2.72. The summed E-state index contributed by atoms with van der Waals surface area (Å²) in [5.41, 5.74) is 2.42. The van der Waals surface area contributed by atoms with E-state index in [0.717, 1.165) is 23.9 Å². The summed E-state index contributed by atoms with van der Waals surface area (Å²) in [5, 5.41) is 5.62. The lowest BCUT2D eigenvalue weighted by Crippen LogP contribution is -2.38. The van der Waals surface area contributed by atoms with Crippen LogP contribution in [0.4, 0.5) is 0 Å². The molecule has 0 saturated carbocycles. The molecule has 0 radical (unpaired) electrons. The van der Waals surface area contributed by atoms with E-state index in [-0.39, 0.29) is 12.6 Å². The smallest absolute Gasteiger partial charge is 0.163 e. The van der Waals surface area contributed by atoms with Crippen LogP contribution in [0.5, 0.6) is 0 Å². The number of aryl methyl sites for hydroxylation is 2. The third kappa shape index (κ3) is 2.68. The number of halogens is 1. The summed E-state index contributed by atoms with van der Waals surface area (Å²) in [6.07, 6.45) is 3.78. The molecular weight excluding hydrogens is 308 g/mol. The van der Waals surface area contributed by atoms with Crippen LogP contribution >= 0.6 is 15.9 Å².